The monoisotopic (exact) mass is 483 g/mol. The van der Waals surface area contributed by atoms with Crippen molar-refractivity contribution in [3.05, 3.63) is 71.1 Å². The molecule has 1 aliphatic rings. The highest BCUT2D eigenvalue weighted by molar-refractivity contribution is 5.96. The maximum Gasteiger partial charge on any atom is 0.254 e. The second-order valence-corrected chi connectivity index (χ2v) is 8.51. The van der Waals surface area contributed by atoms with Crippen molar-refractivity contribution in [3.8, 4) is 11.4 Å². The molecular formula is C25H27F2N5O3. The summed E-state index contributed by atoms with van der Waals surface area (Å²) in [6.07, 6.45) is 1.52. The molecule has 3 aromatic rings. The van der Waals surface area contributed by atoms with Gasteiger partial charge < -0.3 is 14.7 Å². The number of nitrogens with zero attached hydrogens (tertiary/aromatic N) is 4. The Balaban J connectivity index is 1.16. The van der Waals surface area contributed by atoms with E-state index < -0.39 is 17.5 Å². The lowest BCUT2D eigenvalue weighted by atomic mass is 10.1. The molecular weight excluding hydrogens is 456 g/mol. The van der Waals surface area contributed by atoms with Crippen molar-refractivity contribution < 1.29 is 22.9 Å². The van der Waals surface area contributed by atoms with Gasteiger partial charge in [-0.2, -0.15) is 4.98 Å². The Morgan fingerprint density at radius 2 is 1.80 bits per heavy atom. The lowest BCUT2D eigenvalue weighted by Crippen LogP contribution is -2.51. The van der Waals surface area contributed by atoms with Crippen LogP contribution in [0.15, 0.2) is 47.0 Å². The Kier molecular flexibility index (Phi) is 7.81. The van der Waals surface area contributed by atoms with E-state index in [4.69, 9.17) is 4.52 Å². The SMILES string of the molecule is Cc1ccc(-c2noc(CCCN3CCN(C(=O)CNC(=O)c4ccc(F)cc4F)CC3)n2)cc1. The molecule has 8 nitrogen and oxygen atoms in total. The smallest absolute Gasteiger partial charge is 0.254 e. The average molecular weight is 484 g/mol. The fourth-order valence-corrected chi connectivity index (χ4v) is 3.89. The molecule has 0 atom stereocenters. The second kappa shape index (κ2) is 11.2. The zero-order valence-electron chi connectivity index (χ0n) is 19.5. The van der Waals surface area contributed by atoms with E-state index in [9.17, 15) is 18.4 Å². The molecule has 2 heterocycles. The van der Waals surface area contributed by atoms with Crippen LogP contribution in [0.5, 0.6) is 0 Å². The summed E-state index contributed by atoms with van der Waals surface area (Å²) in [4.78, 5) is 32.9. The van der Waals surface area contributed by atoms with E-state index in [-0.39, 0.29) is 18.0 Å². The number of amides is 2. The van der Waals surface area contributed by atoms with Gasteiger partial charge in [-0.3, -0.25) is 14.5 Å². The third kappa shape index (κ3) is 6.48. The molecule has 1 saturated heterocycles. The summed E-state index contributed by atoms with van der Waals surface area (Å²) in [6, 6.07) is 10.7. The Hall–Kier alpha value is -3.66. The van der Waals surface area contributed by atoms with Crippen molar-refractivity contribution in [2.45, 2.75) is 19.8 Å². The molecule has 0 bridgehead atoms. The van der Waals surface area contributed by atoms with Gasteiger partial charge in [0, 0.05) is 44.2 Å². The highest BCUT2D eigenvalue weighted by Gasteiger charge is 2.22. The van der Waals surface area contributed by atoms with Gasteiger partial charge in [0.25, 0.3) is 5.91 Å². The second-order valence-electron chi connectivity index (χ2n) is 8.51. The third-order valence-corrected chi connectivity index (χ3v) is 5.94. The Bertz CT molecular complexity index is 1170. The van der Waals surface area contributed by atoms with Crippen LogP contribution in [0.1, 0.15) is 28.2 Å². The van der Waals surface area contributed by atoms with Crippen molar-refractivity contribution in [3.63, 3.8) is 0 Å². The van der Waals surface area contributed by atoms with Crippen molar-refractivity contribution in [2.24, 2.45) is 0 Å². The maximum absolute atomic E-state index is 13.7. The number of rotatable bonds is 8. The topological polar surface area (TPSA) is 91.6 Å². The first-order chi connectivity index (χ1) is 16.9. The van der Waals surface area contributed by atoms with Gasteiger partial charge in [0.2, 0.25) is 17.6 Å². The van der Waals surface area contributed by atoms with Gasteiger partial charge in [0.1, 0.15) is 11.6 Å². The number of piperazine rings is 1. The Labute approximate surface area is 201 Å². The minimum atomic E-state index is -0.963. The number of nitrogens with one attached hydrogen (secondary N) is 1. The molecule has 10 heteroatoms. The summed E-state index contributed by atoms with van der Waals surface area (Å²) in [5.41, 5.74) is 1.80. The number of hydrogen-bond acceptors (Lipinski definition) is 6. The molecule has 1 aliphatic heterocycles. The van der Waals surface area contributed by atoms with Crippen LogP contribution < -0.4 is 5.32 Å². The molecule has 4 rings (SSSR count). The largest absolute Gasteiger partial charge is 0.343 e. The lowest BCUT2D eigenvalue weighted by Gasteiger charge is -2.34. The predicted octanol–water partition coefficient (Wildman–Crippen LogP) is 2.83. The van der Waals surface area contributed by atoms with Gasteiger partial charge >= 0.3 is 0 Å². The van der Waals surface area contributed by atoms with Crippen LogP contribution in [0.4, 0.5) is 8.78 Å². The molecule has 1 fully saturated rings. The molecule has 1 N–H and O–H groups in total. The zero-order chi connectivity index (χ0) is 24.8. The summed E-state index contributed by atoms with van der Waals surface area (Å²) in [6.45, 7) is 5.13. The van der Waals surface area contributed by atoms with Gasteiger partial charge in [0.15, 0.2) is 0 Å². The van der Waals surface area contributed by atoms with E-state index in [2.05, 4.69) is 20.4 Å². The molecule has 0 unspecified atom stereocenters. The van der Waals surface area contributed by atoms with Crippen molar-refractivity contribution in [2.75, 3.05) is 39.3 Å². The number of benzene rings is 2. The van der Waals surface area contributed by atoms with Crippen LogP contribution in [-0.4, -0.2) is 71.0 Å². The van der Waals surface area contributed by atoms with Crippen LogP contribution in [0.2, 0.25) is 0 Å². The van der Waals surface area contributed by atoms with Crippen LogP contribution in [0, 0.1) is 18.6 Å². The first kappa shape index (κ1) is 24.5. The lowest BCUT2D eigenvalue weighted by molar-refractivity contribution is -0.131. The Morgan fingerprint density at radius 3 is 2.51 bits per heavy atom. The molecule has 0 radical (unpaired) electrons. The third-order valence-electron chi connectivity index (χ3n) is 5.94. The van der Waals surface area contributed by atoms with Crippen LogP contribution in [-0.2, 0) is 11.2 Å². The molecule has 184 valence electrons. The van der Waals surface area contributed by atoms with Crippen molar-refractivity contribution >= 4 is 11.8 Å². The summed E-state index contributed by atoms with van der Waals surface area (Å²) in [7, 11) is 0. The van der Waals surface area contributed by atoms with Gasteiger partial charge in [-0.25, -0.2) is 8.78 Å². The summed E-state index contributed by atoms with van der Waals surface area (Å²) in [5.74, 6) is -1.53. The summed E-state index contributed by atoms with van der Waals surface area (Å²) >= 11 is 0. The van der Waals surface area contributed by atoms with E-state index in [1.807, 2.05) is 31.2 Å². The fourth-order valence-electron chi connectivity index (χ4n) is 3.89. The normalized spacial score (nSPS) is 14.2. The summed E-state index contributed by atoms with van der Waals surface area (Å²) < 4.78 is 32.1. The molecule has 0 spiro atoms. The van der Waals surface area contributed by atoms with Crippen LogP contribution in [0.25, 0.3) is 11.4 Å². The van der Waals surface area contributed by atoms with Crippen LogP contribution in [0.3, 0.4) is 0 Å². The number of aromatic nitrogens is 2. The average Bonchev–Trinajstić information content (AvgIpc) is 3.32. The molecule has 2 amide bonds. The highest BCUT2D eigenvalue weighted by Crippen LogP contribution is 2.17. The number of halogens is 2. The number of aryl methyl sites for hydroxylation is 2. The molecule has 2 aromatic carbocycles. The summed E-state index contributed by atoms with van der Waals surface area (Å²) in [5, 5.41) is 6.46. The van der Waals surface area contributed by atoms with Crippen molar-refractivity contribution in [1.29, 1.82) is 0 Å². The molecule has 0 aliphatic carbocycles. The standard InChI is InChI=1S/C25H27F2N5O3/c1-17-4-6-18(7-5-17)24-29-22(35-30-24)3-2-10-31-11-13-32(14-12-31)23(33)16-28-25(34)20-9-8-19(26)15-21(20)27/h4-9,15H,2-3,10-14,16H2,1H3,(H,28,34). The minimum Gasteiger partial charge on any atom is -0.343 e. The number of carbonyl (C=O) groups is 2. The van der Waals surface area contributed by atoms with E-state index in [1.54, 1.807) is 4.90 Å². The van der Waals surface area contributed by atoms with E-state index in [0.717, 1.165) is 30.7 Å². The predicted molar refractivity (Wildman–Crippen MR) is 125 cm³/mol. The van der Waals surface area contributed by atoms with Crippen molar-refractivity contribution in [1.82, 2.24) is 25.3 Å². The first-order valence-electron chi connectivity index (χ1n) is 11.5. The quantitative estimate of drug-likeness (QED) is 0.530. The number of hydrogen-bond donors (Lipinski definition) is 1. The molecule has 0 saturated carbocycles. The molecule has 35 heavy (non-hydrogen) atoms. The zero-order valence-corrected chi connectivity index (χ0v) is 19.5. The van der Waals surface area contributed by atoms with Gasteiger partial charge in [-0.1, -0.05) is 35.0 Å². The van der Waals surface area contributed by atoms with Gasteiger partial charge in [0.05, 0.1) is 12.1 Å². The maximum atomic E-state index is 13.7. The van der Waals surface area contributed by atoms with Gasteiger partial charge in [-0.05, 0) is 32.0 Å². The van der Waals surface area contributed by atoms with E-state index in [1.165, 1.54) is 5.56 Å². The number of carbonyl (C=O) groups excluding carboxylic acids is 2. The Morgan fingerprint density at radius 1 is 1.06 bits per heavy atom. The molecule has 1 aromatic heterocycles. The fraction of sp³-hybridized carbons (Fsp3) is 0.360. The van der Waals surface area contributed by atoms with Gasteiger partial charge in [-0.15, -0.1) is 0 Å². The minimum absolute atomic E-state index is 0.240. The van der Waals surface area contributed by atoms with Crippen LogP contribution >= 0.6 is 0 Å². The first-order valence-corrected chi connectivity index (χ1v) is 11.5. The van der Waals surface area contributed by atoms with E-state index >= 15 is 0 Å². The highest BCUT2D eigenvalue weighted by atomic mass is 19.1. The van der Waals surface area contributed by atoms with E-state index in [0.29, 0.717) is 50.4 Å².